The molecule has 1 aliphatic heterocycles. The molecule has 0 aliphatic carbocycles. The zero-order valence-corrected chi connectivity index (χ0v) is 22.3. The molecule has 0 amide bonds. The molecule has 1 aromatic heterocycles. The number of methoxy groups -OCH3 is 1. The Morgan fingerprint density at radius 2 is 1.95 bits per heavy atom. The molecule has 1 N–H and O–H groups in total. The number of ether oxygens (including phenoxy) is 3. The highest BCUT2D eigenvalue weighted by Crippen LogP contribution is 2.32. The largest absolute Gasteiger partial charge is 0.504 e. The summed E-state index contributed by atoms with van der Waals surface area (Å²) >= 11 is 1.23. The first-order valence-electron chi connectivity index (χ1n) is 12.1. The molecule has 9 heteroatoms. The number of carbonyl (C=O) groups is 1. The fourth-order valence-electron chi connectivity index (χ4n) is 4.08. The second kappa shape index (κ2) is 11.0. The van der Waals surface area contributed by atoms with Crippen LogP contribution in [-0.2, 0) is 9.53 Å². The first kappa shape index (κ1) is 26.2. The number of hydrogen-bond acceptors (Lipinski definition) is 8. The lowest BCUT2D eigenvalue weighted by Crippen LogP contribution is -2.40. The van der Waals surface area contributed by atoms with Gasteiger partial charge in [0.1, 0.15) is 5.75 Å². The Bertz CT molecular complexity index is 1520. The van der Waals surface area contributed by atoms with Gasteiger partial charge in [-0.25, -0.2) is 9.79 Å². The number of phenols is 1. The van der Waals surface area contributed by atoms with Crippen LogP contribution in [-0.4, -0.2) is 35.5 Å². The Morgan fingerprint density at radius 1 is 1.22 bits per heavy atom. The molecule has 2 aromatic carbocycles. The van der Waals surface area contributed by atoms with E-state index in [-0.39, 0.29) is 17.4 Å². The number of phenolic OH excluding ortho intramolecular Hbond substituents is 1. The number of thiazole rings is 1. The van der Waals surface area contributed by atoms with Crippen LogP contribution in [0.15, 0.2) is 63.5 Å². The number of allylic oxidation sites excluding steroid dienone is 1. The SMILES string of the molecule is CCCOc1ccc(C2C(C(=O)OC(C)C)=C(C)N=c3s/c(=C\c4ccc(O)c(OC)c4)c(=O)n32)cc1. The van der Waals surface area contributed by atoms with Gasteiger partial charge in [0.05, 0.1) is 41.7 Å². The van der Waals surface area contributed by atoms with Crippen LogP contribution in [0.3, 0.4) is 0 Å². The van der Waals surface area contributed by atoms with Gasteiger partial charge >= 0.3 is 5.97 Å². The molecular weight excluding hydrogens is 492 g/mol. The van der Waals surface area contributed by atoms with E-state index >= 15 is 0 Å². The predicted molar refractivity (Wildman–Crippen MR) is 142 cm³/mol. The summed E-state index contributed by atoms with van der Waals surface area (Å²) in [7, 11) is 1.46. The van der Waals surface area contributed by atoms with Crippen molar-refractivity contribution in [1.82, 2.24) is 4.57 Å². The van der Waals surface area contributed by atoms with E-state index in [1.165, 1.54) is 24.5 Å². The highest BCUT2D eigenvalue weighted by molar-refractivity contribution is 7.07. The van der Waals surface area contributed by atoms with Crippen molar-refractivity contribution in [2.24, 2.45) is 4.99 Å². The van der Waals surface area contributed by atoms with Crippen LogP contribution in [0.5, 0.6) is 17.2 Å². The minimum absolute atomic E-state index is 0.0106. The second-order valence-corrected chi connectivity index (χ2v) is 9.89. The van der Waals surface area contributed by atoms with E-state index in [2.05, 4.69) is 4.99 Å². The average Bonchev–Trinajstić information content (AvgIpc) is 3.17. The zero-order chi connectivity index (χ0) is 26.7. The highest BCUT2D eigenvalue weighted by Gasteiger charge is 2.33. The lowest BCUT2D eigenvalue weighted by atomic mass is 9.96. The van der Waals surface area contributed by atoms with Crippen molar-refractivity contribution in [1.29, 1.82) is 0 Å². The highest BCUT2D eigenvalue weighted by atomic mass is 32.1. The molecule has 2 heterocycles. The molecule has 0 fully saturated rings. The Hall–Kier alpha value is -3.85. The Balaban J connectivity index is 1.88. The lowest BCUT2D eigenvalue weighted by Gasteiger charge is -2.25. The smallest absolute Gasteiger partial charge is 0.338 e. The number of esters is 1. The molecule has 0 saturated carbocycles. The van der Waals surface area contributed by atoms with Gasteiger partial charge in [0.25, 0.3) is 5.56 Å². The molecule has 1 atom stereocenters. The number of benzene rings is 2. The van der Waals surface area contributed by atoms with Gasteiger partial charge in [0.2, 0.25) is 0 Å². The summed E-state index contributed by atoms with van der Waals surface area (Å²) in [5.41, 5.74) is 1.97. The van der Waals surface area contributed by atoms with Gasteiger partial charge in [-0.05, 0) is 68.7 Å². The topological polar surface area (TPSA) is 99.4 Å². The number of hydrogen-bond donors (Lipinski definition) is 1. The Labute approximate surface area is 218 Å². The van der Waals surface area contributed by atoms with E-state index < -0.39 is 12.0 Å². The minimum atomic E-state index is -0.709. The van der Waals surface area contributed by atoms with Crippen molar-refractivity contribution in [2.45, 2.75) is 46.3 Å². The predicted octanol–water partition coefficient (Wildman–Crippen LogP) is 3.69. The first-order chi connectivity index (χ1) is 17.7. The van der Waals surface area contributed by atoms with Crippen LogP contribution >= 0.6 is 11.3 Å². The summed E-state index contributed by atoms with van der Waals surface area (Å²) < 4.78 is 18.4. The average molecular weight is 523 g/mol. The van der Waals surface area contributed by atoms with Crippen LogP contribution in [0.2, 0.25) is 0 Å². The van der Waals surface area contributed by atoms with Crippen molar-refractivity contribution in [3.63, 3.8) is 0 Å². The molecular formula is C28H30N2O6S. The third-order valence-electron chi connectivity index (χ3n) is 5.75. The van der Waals surface area contributed by atoms with E-state index in [0.29, 0.717) is 44.3 Å². The number of aromatic nitrogens is 1. The van der Waals surface area contributed by atoms with Gasteiger partial charge in [-0.2, -0.15) is 0 Å². The molecule has 1 unspecified atom stereocenters. The summed E-state index contributed by atoms with van der Waals surface area (Å²) in [5.74, 6) is 0.521. The van der Waals surface area contributed by atoms with Crippen molar-refractivity contribution < 1.29 is 24.1 Å². The molecule has 3 aromatic rings. The van der Waals surface area contributed by atoms with Crippen molar-refractivity contribution >= 4 is 23.4 Å². The summed E-state index contributed by atoms with van der Waals surface area (Å²) in [6.07, 6.45) is 2.28. The molecule has 0 saturated heterocycles. The fraction of sp³-hybridized carbons (Fsp3) is 0.321. The molecule has 194 valence electrons. The number of nitrogens with zero attached hydrogens (tertiary/aromatic N) is 2. The van der Waals surface area contributed by atoms with Crippen LogP contribution < -0.4 is 24.4 Å². The second-order valence-electron chi connectivity index (χ2n) is 8.88. The van der Waals surface area contributed by atoms with Crippen LogP contribution in [0.25, 0.3) is 6.08 Å². The molecule has 4 rings (SSSR count). The fourth-order valence-corrected chi connectivity index (χ4v) is 5.12. The quantitative estimate of drug-likeness (QED) is 0.453. The van der Waals surface area contributed by atoms with E-state index in [9.17, 15) is 14.7 Å². The first-order valence-corrected chi connectivity index (χ1v) is 12.9. The van der Waals surface area contributed by atoms with Gasteiger partial charge in [-0.3, -0.25) is 9.36 Å². The third kappa shape index (κ3) is 5.46. The number of aromatic hydroxyl groups is 1. The Morgan fingerprint density at radius 3 is 2.59 bits per heavy atom. The summed E-state index contributed by atoms with van der Waals surface area (Å²) in [5, 5.41) is 9.91. The lowest BCUT2D eigenvalue weighted by molar-refractivity contribution is -0.143. The zero-order valence-electron chi connectivity index (χ0n) is 21.5. The molecule has 8 nitrogen and oxygen atoms in total. The maximum absolute atomic E-state index is 13.7. The van der Waals surface area contributed by atoms with Crippen LogP contribution in [0.1, 0.15) is 51.3 Å². The van der Waals surface area contributed by atoms with Gasteiger partial charge in [0, 0.05) is 0 Å². The van der Waals surface area contributed by atoms with Gasteiger partial charge in [-0.1, -0.05) is 36.5 Å². The summed E-state index contributed by atoms with van der Waals surface area (Å²) in [6.45, 7) is 7.95. The van der Waals surface area contributed by atoms with Crippen LogP contribution in [0.4, 0.5) is 0 Å². The normalized spacial score (nSPS) is 15.4. The summed E-state index contributed by atoms with van der Waals surface area (Å²) in [4.78, 5) is 32.0. The van der Waals surface area contributed by atoms with Gasteiger partial charge in [0.15, 0.2) is 16.3 Å². The minimum Gasteiger partial charge on any atom is -0.504 e. The molecule has 0 radical (unpaired) electrons. The standard InChI is InChI=1S/C28H30N2O6S/c1-6-13-35-20-10-8-19(9-11-20)25-24(27(33)36-16(2)3)17(4)29-28-30(25)26(32)23(37-28)15-18-7-12-21(31)22(14-18)34-5/h7-12,14-16,25,31H,6,13H2,1-5H3/b23-15-. The summed E-state index contributed by atoms with van der Waals surface area (Å²) in [6, 6.07) is 11.5. The maximum atomic E-state index is 13.7. The third-order valence-corrected chi connectivity index (χ3v) is 6.74. The molecule has 0 bridgehead atoms. The van der Waals surface area contributed by atoms with Crippen molar-refractivity contribution in [2.75, 3.05) is 13.7 Å². The Kier molecular flexibility index (Phi) is 7.83. The van der Waals surface area contributed by atoms with Gasteiger partial charge in [-0.15, -0.1) is 0 Å². The number of rotatable bonds is 8. The van der Waals surface area contributed by atoms with E-state index in [4.69, 9.17) is 14.2 Å². The maximum Gasteiger partial charge on any atom is 0.338 e. The van der Waals surface area contributed by atoms with Gasteiger partial charge < -0.3 is 19.3 Å². The van der Waals surface area contributed by atoms with Crippen molar-refractivity contribution in [3.8, 4) is 17.2 Å². The monoisotopic (exact) mass is 522 g/mol. The molecule has 1 aliphatic rings. The van der Waals surface area contributed by atoms with E-state index in [1.807, 2.05) is 31.2 Å². The van der Waals surface area contributed by atoms with Crippen LogP contribution in [0, 0.1) is 0 Å². The van der Waals surface area contributed by atoms with E-state index in [0.717, 1.165) is 12.0 Å². The molecule has 37 heavy (non-hydrogen) atoms. The molecule has 0 spiro atoms. The van der Waals surface area contributed by atoms with Crippen molar-refractivity contribution in [3.05, 3.63) is 84.5 Å². The number of fused-ring (bicyclic) bond motifs is 1. The van der Waals surface area contributed by atoms with E-state index in [1.54, 1.807) is 43.5 Å². The number of carbonyl (C=O) groups excluding carboxylic acids is 1.